The molecule has 0 saturated heterocycles. The summed E-state index contributed by atoms with van der Waals surface area (Å²) in [6, 6.07) is -0.629. The molecule has 1 amide bonds. The Bertz CT molecular complexity index is 1200. The Labute approximate surface area is 481 Å². The predicted octanol–water partition coefficient (Wildman–Crippen LogP) is 22.5. The third kappa shape index (κ3) is 63.4. The van der Waals surface area contributed by atoms with E-state index < -0.39 is 12.1 Å². The summed E-state index contributed by atoms with van der Waals surface area (Å²) < 4.78 is 5.51. The summed E-state index contributed by atoms with van der Waals surface area (Å²) >= 11 is 0. The van der Waals surface area contributed by atoms with Gasteiger partial charge in [-0.2, -0.15) is 0 Å². The van der Waals surface area contributed by atoms with Crippen molar-refractivity contribution in [2.45, 2.75) is 405 Å². The van der Waals surface area contributed by atoms with Crippen LogP contribution in [0.2, 0.25) is 0 Å². The molecule has 0 aliphatic heterocycles. The largest absolute Gasteiger partial charge is 0.466 e. The second-order valence-electron chi connectivity index (χ2n) is 24.2. The zero-order valence-electron chi connectivity index (χ0n) is 52.2. The molecule has 2 unspecified atom stereocenters. The standard InChI is InChI=1S/C71H137NO5/c1-3-5-7-9-11-13-15-17-19-21-23-28-31-35-39-43-47-51-55-59-63-69(74)68(67-73)72-70(75)64-60-56-52-48-44-40-36-32-29-25-24-26-30-34-38-42-46-50-54-58-62-66-77-71(76)65-61-57-53-49-45-41-37-33-27-22-20-18-16-14-12-10-8-6-4-2/h18,20,59,63,68-69,73-74H,3-17,19,21-58,60-62,64-67H2,1-2H3,(H,72,75)/b20-18-,63-59+. The van der Waals surface area contributed by atoms with Crippen molar-refractivity contribution in [3.8, 4) is 0 Å². The van der Waals surface area contributed by atoms with Crippen LogP contribution in [0.25, 0.3) is 0 Å². The lowest BCUT2D eigenvalue weighted by Crippen LogP contribution is -2.45. The molecule has 0 rings (SSSR count). The monoisotopic (exact) mass is 1080 g/mol. The fourth-order valence-corrected chi connectivity index (χ4v) is 11.1. The Morgan fingerprint density at radius 1 is 0.351 bits per heavy atom. The minimum atomic E-state index is -0.846. The van der Waals surface area contributed by atoms with E-state index >= 15 is 0 Å². The maximum Gasteiger partial charge on any atom is 0.305 e. The van der Waals surface area contributed by atoms with Crippen molar-refractivity contribution in [1.82, 2.24) is 5.32 Å². The van der Waals surface area contributed by atoms with Crippen LogP contribution in [0.3, 0.4) is 0 Å². The van der Waals surface area contributed by atoms with Crippen LogP contribution in [0, 0.1) is 0 Å². The van der Waals surface area contributed by atoms with E-state index in [1.165, 1.54) is 321 Å². The molecular weight excluding hydrogens is 947 g/mol. The lowest BCUT2D eigenvalue weighted by atomic mass is 10.0. The lowest BCUT2D eigenvalue weighted by Gasteiger charge is -2.20. The van der Waals surface area contributed by atoms with Crippen LogP contribution in [0.5, 0.6) is 0 Å². The molecule has 2 atom stereocenters. The number of esters is 1. The number of unbranched alkanes of at least 4 members (excludes halogenated alkanes) is 53. The second kappa shape index (κ2) is 66.8. The third-order valence-corrected chi connectivity index (χ3v) is 16.5. The van der Waals surface area contributed by atoms with Crippen molar-refractivity contribution < 1.29 is 24.5 Å². The third-order valence-electron chi connectivity index (χ3n) is 16.5. The van der Waals surface area contributed by atoms with Gasteiger partial charge in [-0.15, -0.1) is 0 Å². The molecule has 456 valence electrons. The summed E-state index contributed by atoms with van der Waals surface area (Å²) in [7, 11) is 0. The van der Waals surface area contributed by atoms with Gasteiger partial charge in [-0.3, -0.25) is 9.59 Å². The molecular formula is C71H137NO5. The topological polar surface area (TPSA) is 95.9 Å². The van der Waals surface area contributed by atoms with Gasteiger partial charge in [0.05, 0.1) is 25.4 Å². The van der Waals surface area contributed by atoms with Crippen LogP contribution >= 0.6 is 0 Å². The van der Waals surface area contributed by atoms with Gasteiger partial charge in [-0.05, 0) is 57.8 Å². The zero-order valence-corrected chi connectivity index (χ0v) is 52.2. The maximum atomic E-state index is 12.5. The van der Waals surface area contributed by atoms with E-state index in [1.54, 1.807) is 6.08 Å². The number of allylic oxidation sites excluding steroid dienone is 3. The summed E-state index contributed by atoms with van der Waals surface area (Å²) in [5, 5.41) is 23.2. The maximum absolute atomic E-state index is 12.5. The first-order chi connectivity index (χ1) is 38.0. The molecule has 0 aliphatic carbocycles. The first-order valence-corrected chi connectivity index (χ1v) is 35.1. The Morgan fingerprint density at radius 2 is 0.610 bits per heavy atom. The average Bonchev–Trinajstić information content (AvgIpc) is 3.43. The minimum Gasteiger partial charge on any atom is -0.466 e. The average molecular weight is 1080 g/mol. The second-order valence-corrected chi connectivity index (χ2v) is 24.2. The molecule has 0 fully saturated rings. The van der Waals surface area contributed by atoms with Crippen molar-refractivity contribution in [3.05, 3.63) is 24.3 Å². The molecule has 0 heterocycles. The fourth-order valence-electron chi connectivity index (χ4n) is 11.1. The highest BCUT2D eigenvalue weighted by Gasteiger charge is 2.18. The Balaban J connectivity index is 3.39. The number of carbonyl (C=O) groups is 2. The number of amides is 1. The lowest BCUT2D eigenvalue weighted by molar-refractivity contribution is -0.143. The van der Waals surface area contributed by atoms with Gasteiger partial charge in [0.1, 0.15) is 0 Å². The van der Waals surface area contributed by atoms with Gasteiger partial charge in [0, 0.05) is 12.8 Å². The highest BCUT2D eigenvalue weighted by molar-refractivity contribution is 5.76. The van der Waals surface area contributed by atoms with E-state index in [0.717, 1.165) is 44.9 Å². The molecule has 0 aromatic heterocycles. The predicted molar refractivity (Wildman–Crippen MR) is 338 cm³/mol. The van der Waals surface area contributed by atoms with Crippen LogP contribution in [0.15, 0.2) is 24.3 Å². The molecule has 0 spiro atoms. The number of nitrogens with one attached hydrogen (secondary N) is 1. The zero-order chi connectivity index (χ0) is 55.7. The van der Waals surface area contributed by atoms with E-state index in [9.17, 15) is 19.8 Å². The van der Waals surface area contributed by atoms with Crippen molar-refractivity contribution in [2.24, 2.45) is 0 Å². The molecule has 0 aromatic rings. The number of aliphatic hydroxyl groups is 2. The van der Waals surface area contributed by atoms with E-state index in [4.69, 9.17) is 4.74 Å². The van der Waals surface area contributed by atoms with Gasteiger partial charge in [-0.1, -0.05) is 346 Å². The van der Waals surface area contributed by atoms with Gasteiger partial charge in [0.15, 0.2) is 0 Å². The quantitative estimate of drug-likeness (QED) is 0.0320. The molecule has 3 N–H and O–H groups in total. The minimum absolute atomic E-state index is 0.0119. The van der Waals surface area contributed by atoms with Crippen LogP contribution in [-0.4, -0.2) is 47.4 Å². The number of carbonyl (C=O) groups excluding carboxylic acids is 2. The first-order valence-electron chi connectivity index (χ1n) is 35.1. The van der Waals surface area contributed by atoms with Crippen LogP contribution < -0.4 is 5.32 Å². The molecule has 77 heavy (non-hydrogen) atoms. The molecule has 6 heteroatoms. The molecule has 0 saturated carbocycles. The normalized spacial score (nSPS) is 12.6. The van der Waals surface area contributed by atoms with Gasteiger partial charge < -0.3 is 20.3 Å². The smallest absolute Gasteiger partial charge is 0.305 e. The molecule has 0 radical (unpaired) electrons. The van der Waals surface area contributed by atoms with Crippen molar-refractivity contribution in [2.75, 3.05) is 13.2 Å². The SMILES string of the molecule is CCCCCCCC/C=C\CCCCCCCCCCCC(=O)OCCCCCCCCCCCCCCCCCCCCCCCC(=O)NC(CO)C(O)/C=C/CCCCCCCCCCCCCCCCCCCC. The Kier molecular flexibility index (Phi) is 65.4. The molecule has 6 nitrogen and oxygen atoms in total. The molecule has 0 aromatic carbocycles. The van der Waals surface area contributed by atoms with E-state index in [2.05, 4.69) is 31.3 Å². The number of hydrogen-bond acceptors (Lipinski definition) is 5. The molecule has 0 bridgehead atoms. The van der Waals surface area contributed by atoms with Crippen LogP contribution in [0.1, 0.15) is 393 Å². The number of ether oxygens (including phenoxy) is 1. The number of rotatable bonds is 66. The number of aliphatic hydroxyl groups excluding tert-OH is 2. The Hall–Kier alpha value is -1.66. The molecule has 0 aliphatic rings. The van der Waals surface area contributed by atoms with Crippen molar-refractivity contribution >= 4 is 11.9 Å². The van der Waals surface area contributed by atoms with Crippen LogP contribution in [-0.2, 0) is 14.3 Å². The summed E-state index contributed by atoms with van der Waals surface area (Å²) in [6.07, 6.45) is 83.9. The van der Waals surface area contributed by atoms with Gasteiger partial charge >= 0.3 is 5.97 Å². The highest BCUT2D eigenvalue weighted by Crippen LogP contribution is 2.19. The van der Waals surface area contributed by atoms with Crippen molar-refractivity contribution in [1.29, 1.82) is 0 Å². The first kappa shape index (κ1) is 75.3. The van der Waals surface area contributed by atoms with Gasteiger partial charge in [0.2, 0.25) is 5.91 Å². The van der Waals surface area contributed by atoms with Gasteiger partial charge in [0.25, 0.3) is 0 Å². The summed E-state index contributed by atoms with van der Waals surface area (Å²) in [5.74, 6) is -0.0532. The fraction of sp³-hybridized carbons (Fsp3) is 0.915. The van der Waals surface area contributed by atoms with Crippen molar-refractivity contribution in [3.63, 3.8) is 0 Å². The highest BCUT2D eigenvalue weighted by atomic mass is 16.5. The van der Waals surface area contributed by atoms with E-state index in [1.807, 2.05) is 6.08 Å². The van der Waals surface area contributed by atoms with E-state index in [-0.39, 0.29) is 18.5 Å². The van der Waals surface area contributed by atoms with E-state index in [0.29, 0.717) is 19.4 Å². The Morgan fingerprint density at radius 3 is 0.922 bits per heavy atom. The summed E-state index contributed by atoms with van der Waals surface area (Å²) in [4.78, 5) is 24.6. The summed E-state index contributed by atoms with van der Waals surface area (Å²) in [6.45, 7) is 4.94. The van der Waals surface area contributed by atoms with Crippen LogP contribution in [0.4, 0.5) is 0 Å². The summed E-state index contributed by atoms with van der Waals surface area (Å²) in [5.41, 5.74) is 0. The van der Waals surface area contributed by atoms with Gasteiger partial charge in [-0.25, -0.2) is 0 Å². The number of hydrogen-bond donors (Lipinski definition) is 3.